The number of anilines is 1. The highest BCUT2D eigenvalue weighted by Gasteiger charge is 2.31. The molecular weight excluding hydrogens is 324 g/mol. The monoisotopic (exact) mass is 346 g/mol. The normalized spacial score (nSPS) is 21.3. The Kier molecular flexibility index (Phi) is 4.89. The number of carbonyl (C=O) groups is 3. The van der Waals surface area contributed by atoms with Crippen LogP contribution in [0.5, 0.6) is 0 Å². The fraction of sp³-hybridized carbons (Fsp3) is 0.471. The fourth-order valence-corrected chi connectivity index (χ4v) is 3.16. The molecule has 2 fully saturated rings. The van der Waals surface area contributed by atoms with Crippen molar-refractivity contribution < 1.29 is 19.5 Å². The quantitative estimate of drug-likeness (QED) is 0.800. The number of urea groups is 1. The molecule has 134 valence electrons. The number of amides is 3. The average molecular weight is 346 g/mol. The van der Waals surface area contributed by atoms with Gasteiger partial charge < -0.3 is 15.3 Å². The number of carboxylic acids is 1. The van der Waals surface area contributed by atoms with Crippen LogP contribution in [0.1, 0.15) is 5.56 Å². The molecule has 1 atom stereocenters. The summed E-state index contributed by atoms with van der Waals surface area (Å²) in [5.74, 6) is -0.987. The minimum absolute atomic E-state index is 0.0778. The van der Waals surface area contributed by atoms with Crippen LogP contribution in [0.15, 0.2) is 24.3 Å². The Labute approximate surface area is 146 Å². The van der Waals surface area contributed by atoms with E-state index in [4.69, 9.17) is 0 Å². The van der Waals surface area contributed by atoms with Gasteiger partial charge in [-0.15, -0.1) is 0 Å². The number of carbonyl (C=O) groups excluding carboxylic acids is 2. The lowest BCUT2D eigenvalue weighted by molar-refractivity contribution is -0.147. The first-order chi connectivity index (χ1) is 12.0. The van der Waals surface area contributed by atoms with E-state index in [1.165, 1.54) is 0 Å². The van der Waals surface area contributed by atoms with Gasteiger partial charge in [-0.25, -0.2) is 4.79 Å². The Balaban J connectivity index is 1.61. The molecule has 2 saturated heterocycles. The van der Waals surface area contributed by atoms with Gasteiger partial charge in [-0.3, -0.25) is 19.4 Å². The Morgan fingerprint density at radius 2 is 1.92 bits per heavy atom. The van der Waals surface area contributed by atoms with Crippen molar-refractivity contribution in [2.45, 2.75) is 12.5 Å². The van der Waals surface area contributed by atoms with Crippen LogP contribution in [0.4, 0.5) is 10.5 Å². The Morgan fingerprint density at radius 1 is 1.20 bits per heavy atom. The van der Waals surface area contributed by atoms with Crippen molar-refractivity contribution in [1.82, 2.24) is 15.1 Å². The molecule has 0 aliphatic carbocycles. The third-order valence-electron chi connectivity index (χ3n) is 4.75. The number of rotatable bonds is 4. The highest BCUT2D eigenvalue weighted by molar-refractivity contribution is 5.94. The predicted octanol–water partition coefficient (Wildman–Crippen LogP) is -0.0141. The second-order valence-corrected chi connectivity index (χ2v) is 6.40. The summed E-state index contributed by atoms with van der Waals surface area (Å²) >= 11 is 0. The molecule has 1 aromatic rings. The lowest BCUT2D eigenvalue weighted by Gasteiger charge is -2.37. The number of likely N-dealkylation sites (N-methyl/N-ethyl adjacent to an activating group) is 1. The van der Waals surface area contributed by atoms with Gasteiger partial charge in [-0.05, 0) is 24.7 Å². The molecule has 0 bridgehead atoms. The second kappa shape index (κ2) is 7.10. The van der Waals surface area contributed by atoms with E-state index in [0.717, 1.165) is 11.3 Å². The van der Waals surface area contributed by atoms with Gasteiger partial charge in [0.1, 0.15) is 6.04 Å². The van der Waals surface area contributed by atoms with Gasteiger partial charge in [0.15, 0.2) is 0 Å². The van der Waals surface area contributed by atoms with E-state index in [1.807, 2.05) is 24.3 Å². The summed E-state index contributed by atoms with van der Waals surface area (Å²) in [7, 11) is 1.76. The van der Waals surface area contributed by atoms with Crippen LogP contribution in [0, 0.1) is 0 Å². The summed E-state index contributed by atoms with van der Waals surface area (Å²) in [6.07, 6.45) is 0.225. The lowest BCUT2D eigenvalue weighted by atomic mass is 10.1. The van der Waals surface area contributed by atoms with E-state index in [9.17, 15) is 19.5 Å². The van der Waals surface area contributed by atoms with Gasteiger partial charge in [0, 0.05) is 38.4 Å². The van der Waals surface area contributed by atoms with Gasteiger partial charge in [-0.1, -0.05) is 12.1 Å². The molecule has 2 heterocycles. The van der Waals surface area contributed by atoms with E-state index in [1.54, 1.807) is 21.7 Å². The standard InChI is InChI=1S/C17H22N4O4/c1-19-8-9-20(11-14(19)16(23)24)15(22)10-12-2-4-13(5-3-12)21-7-6-18-17(21)25/h2-5,14H,6-11H2,1H3,(H,18,25)(H,23,24)/t14-/m1/s1. The van der Waals surface area contributed by atoms with E-state index < -0.39 is 12.0 Å². The maximum atomic E-state index is 12.5. The van der Waals surface area contributed by atoms with Crippen LogP contribution in [0.25, 0.3) is 0 Å². The van der Waals surface area contributed by atoms with Crippen LogP contribution in [0.2, 0.25) is 0 Å². The summed E-state index contributed by atoms with van der Waals surface area (Å²) in [6, 6.07) is 6.57. The highest BCUT2D eigenvalue weighted by Crippen LogP contribution is 2.18. The minimum Gasteiger partial charge on any atom is -0.480 e. The smallest absolute Gasteiger partial charge is 0.322 e. The number of piperazine rings is 1. The number of aliphatic carboxylic acids is 1. The van der Waals surface area contributed by atoms with Gasteiger partial charge in [0.05, 0.1) is 6.42 Å². The topological polar surface area (TPSA) is 93.2 Å². The summed E-state index contributed by atoms with van der Waals surface area (Å²) in [6.45, 7) is 2.55. The molecule has 2 N–H and O–H groups in total. The van der Waals surface area contributed by atoms with Gasteiger partial charge >= 0.3 is 12.0 Å². The van der Waals surface area contributed by atoms with Gasteiger partial charge in [0.25, 0.3) is 0 Å². The van der Waals surface area contributed by atoms with Crippen LogP contribution in [-0.4, -0.2) is 78.6 Å². The van der Waals surface area contributed by atoms with Crippen molar-refractivity contribution >= 4 is 23.6 Å². The molecule has 8 nitrogen and oxygen atoms in total. The molecule has 8 heteroatoms. The summed E-state index contributed by atoms with van der Waals surface area (Å²) in [5.41, 5.74) is 1.65. The number of carboxylic acid groups (broad SMARTS) is 1. The van der Waals surface area contributed by atoms with Crippen LogP contribution in [0.3, 0.4) is 0 Å². The number of benzene rings is 1. The zero-order valence-electron chi connectivity index (χ0n) is 14.1. The molecule has 0 saturated carbocycles. The molecule has 0 spiro atoms. The van der Waals surface area contributed by atoms with Crippen molar-refractivity contribution in [2.75, 3.05) is 44.7 Å². The first-order valence-corrected chi connectivity index (χ1v) is 8.31. The van der Waals surface area contributed by atoms with Crippen molar-refractivity contribution in [2.24, 2.45) is 0 Å². The summed E-state index contributed by atoms with van der Waals surface area (Å²) in [5, 5.41) is 12.0. The Bertz CT molecular complexity index is 676. The third-order valence-corrected chi connectivity index (χ3v) is 4.75. The van der Waals surface area contributed by atoms with E-state index >= 15 is 0 Å². The molecular formula is C17H22N4O4. The zero-order valence-corrected chi connectivity index (χ0v) is 14.1. The fourth-order valence-electron chi connectivity index (χ4n) is 3.16. The largest absolute Gasteiger partial charge is 0.480 e. The Morgan fingerprint density at radius 3 is 2.52 bits per heavy atom. The average Bonchev–Trinajstić information content (AvgIpc) is 3.01. The first kappa shape index (κ1) is 17.2. The molecule has 25 heavy (non-hydrogen) atoms. The molecule has 0 unspecified atom stereocenters. The van der Waals surface area contributed by atoms with Crippen molar-refractivity contribution in [3.05, 3.63) is 29.8 Å². The van der Waals surface area contributed by atoms with E-state index in [0.29, 0.717) is 26.2 Å². The predicted molar refractivity (Wildman–Crippen MR) is 91.5 cm³/mol. The van der Waals surface area contributed by atoms with Crippen LogP contribution < -0.4 is 10.2 Å². The van der Waals surface area contributed by atoms with Crippen molar-refractivity contribution in [1.29, 1.82) is 0 Å². The lowest BCUT2D eigenvalue weighted by Crippen LogP contribution is -2.56. The molecule has 3 rings (SSSR count). The van der Waals surface area contributed by atoms with Crippen molar-refractivity contribution in [3.8, 4) is 0 Å². The van der Waals surface area contributed by atoms with E-state index in [-0.39, 0.29) is 24.9 Å². The zero-order chi connectivity index (χ0) is 18.0. The maximum absolute atomic E-state index is 12.5. The molecule has 2 aliphatic rings. The minimum atomic E-state index is -0.909. The highest BCUT2D eigenvalue weighted by atomic mass is 16.4. The number of hydrogen-bond acceptors (Lipinski definition) is 4. The number of nitrogens with one attached hydrogen (secondary N) is 1. The SMILES string of the molecule is CN1CCN(C(=O)Cc2ccc(N3CCNC3=O)cc2)C[C@@H]1C(=O)O. The maximum Gasteiger partial charge on any atom is 0.322 e. The third kappa shape index (κ3) is 3.74. The van der Waals surface area contributed by atoms with Crippen LogP contribution in [-0.2, 0) is 16.0 Å². The molecule has 0 aromatic heterocycles. The summed E-state index contributed by atoms with van der Waals surface area (Å²) < 4.78 is 0. The van der Waals surface area contributed by atoms with Gasteiger partial charge in [-0.2, -0.15) is 0 Å². The molecule has 2 aliphatic heterocycles. The van der Waals surface area contributed by atoms with Crippen LogP contribution >= 0.6 is 0 Å². The molecule has 1 aromatic carbocycles. The van der Waals surface area contributed by atoms with Crippen molar-refractivity contribution in [3.63, 3.8) is 0 Å². The number of nitrogens with zero attached hydrogens (tertiary/aromatic N) is 3. The van der Waals surface area contributed by atoms with Gasteiger partial charge in [0.2, 0.25) is 5.91 Å². The Hall–Kier alpha value is -2.61. The van der Waals surface area contributed by atoms with E-state index in [2.05, 4.69) is 5.32 Å². The molecule has 3 amide bonds. The molecule has 0 radical (unpaired) electrons. The number of hydrogen-bond donors (Lipinski definition) is 2. The summed E-state index contributed by atoms with van der Waals surface area (Å²) in [4.78, 5) is 40.4. The first-order valence-electron chi connectivity index (χ1n) is 8.31. The second-order valence-electron chi connectivity index (χ2n) is 6.40.